The number of halogens is 1. The van der Waals surface area contributed by atoms with Gasteiger partial charge < -0.3 is 10.6 Å². The first-order valence-electron chi connectivity index (χ1n) is 6.25. The minimum Gasteiger partial charge on any atom is -0.339 e. The molecule has 2 aromatic rings. The minimum atomic E-state index is -0.0923. The Morgan fingerprint density at radius 2 is 1.90 bits per heavy atom. The first-order chi connectivity index (χ1) is 9.58. The highest BCUT2D eigenvalue weighted by Crippen LogP contribution is 2.22. The van der Waals surface area contributed by atoms with Crippen molar-refractivity contribution < 1.29 is 4.79 Å². The van der Waals surface area contributed by atoms with Crippen molar-refractivity contribution in [3.63, 3.8) is 0 Å². The van der Waals surface area contributed by atoms with Gasteiger partial charge in [-0.2, -0.15) is 0 Å². The Morgan fingerprint density at radius 1 is 1.20 bits per heavy atom. The van der Waals surface area contributed by atoms with Gasteiger partial charge in [-0.3, -0.25) is 4.79 Å². The van der Waals surface area contributed by atoms with Crippen LogP contribution in [0.1, 0.15) is 18.9 Å². The highest BCUT2D eigenvalue weighted by molar-refractivity contribution is 6.31. The van der Waals surface area contributed by atoms with Gasteiger partial charge in [-0.25, -0.2) is 0 Å². The third-order valence-corrected chi connectivity index (χ3v) is 3.10. The summed E-state index contributed by atoms with van der Waals surface area (Å²) in [5.74, 6) is 0.925. The SMILES string of the molecule is CCC(=O)Nc1ccc(Nc2ccc(C)c(Cl)c2)nn1. The smallest absolute Gasteiger partial charge is 0.225 e. The fourth-order valence-electron chi connectivity index (χ4n) is 1.52. The molecule has 0 atom stereocenters. The second kappa shape index (κ2) is 6.34. The van der Waals surface area contributed by atoms with Gasteiger partial charge in [-0.1, -0.05) is 24.6 Å². The second-order valence-electron chi connectivity index (χ2n) is 4.29. The minimum absolute atomic E-state index is 0.0923. The number of aryl methyl sites for hydroxylation is 1. The van der Waals surface area contributed by atoms with Crippen molar-refractivity contribution >= 4 is 34.8 Å². The predicted octanol–water partition coefficient (Wildman–Crippen LogP) is 3.53. The van der Waals surface area contributed by atoms with Crippen LogP contribution in [0.5, 0.6) is 0 Å². The van der Waals surface area contributed by atoms with E-state index in [1.54, 1.807) is 19.1 Å². The van der Waals surface area contributed by atoms with Crippen molar-refractivity contribution in [2.45, 2.75) is 20.3 Å². The van der Waals surface area contributed by atoms with E-state index in [2.05, 4.69) is 20.8 Å². The highest BCUT2D eigenvalue weighted by Gasteiger charge is 2.03. The van der Waals surface area contributed by atoms with Gasteiger partial charge in [0.15, 0.2) is 11.6 Å². The molecule has 0 unspecified atom stereocenters. The number of anilines is 3. The molecule has 0 saturated carbocycles. The van der Waals surface area contributed by atoms with Crippen LogP contribution in [0.15, 0.2) is 30.3 Å². The van der Waals surface area contributed by atoms with Crippen LogP contribution in [0.4, 0.5) is 17.3 Å². The van der Waals surface area contributed by atoms with Crippen molar-refractivity contribution in [1.29, 1.82) is 0 Å². The lowest BCUT2D eigenvalue weighted by Gasteiger charge is -2.07. The van der Waals surface area contributed by atoms with Gasteiger partial charge in [0.1, 0.15) is 0 Å². The molecule has 104 valence electrons. The van der Waals surface area contributed by atoms with Crippen molar-refractivity contribution in [3.05, 3.63) is 40.9 Å². The van der Waals surface area contributed by atoms with Gasteiger partial charge in [-0.05, 0) is 36.8 Å². The summed E-state index contributed by atoms with van der Waals surface area (Å²) in [5, 5.41) is 14.3. The second-order valence-corrected chi connectivity index (χ2v) is 4.70. The molecule has 0 spiro atoms. The van der Waals surface area contributed by atoms with Crippen molar-refractivity contribution in [2.24, 2.45) is 0 Å². The zero-order chi connectivity index (χ0) is 14.5. The lowest BCUT2D eigenvalue weighted by Crippen LogP contribution is -2.11. The quantitative estimate of drug-likeness (QED) is 0.904. The van der Waals surface area contributed by atoms with E-state index >= 15 is 0 Å². The van der Waals surface area contributed by atoms with Crippen LogP contribution in [-0.2, 0) is 4.79 Å². The number of rotatable bonds is 4. The molecule has 0 bridgehead atoms. The lowest BCUT2D eigenvalue weighted by atomic mass is 10.2. The number of amides is 1. The summed E-state index contributed by atoms with van der Waals surface area (Å²) in [7, 11) is 0. The Bertz CT molecular complexity index is 613. The fraction of sp³-hybridized carbons (Fsp3) is 0.214. The third kappa shape index (κ3) is 3.68. The normalized spacial score (nSPS) is 10.2. The maximum absolute atomic E-state index is 11.2. The molecule has 0 radical (unpaired) electrons. The number of carbonyl (C=O) groups excluding carboxylic acids is 1. The summed E-state index contributed by atoms with van der Waals surface area (Å²) >= 11 is 6.06. The van der Waals surface area contributed by atoms with Crippen LogP contribution in [0.25, 0.3) is 0 Å². The number of nitrogens with zero attached hydrogens (tertiary/aromatic N) is 2. The van der Waals surface area contributed by atoms with Crippen molar-refractivity contribution in [1.82, 2.24) is 10.2 Å². The van der Waals surface area contributed by atoms with Gasteiger partial charge in [0, 0.05) is 17.1 Å². The van der Waals surface area contributed by atoms with Gasteiger partial charge in [-0.15, -0.1) is 10.2 Å². The summed E-state index contributed by atoms with van der Waals surface area (Å²) in [5.41, 5.74) is 1.85. The van der Waals surface area contributed by atoms with Gasteiger partial charge in [0.2, 0.25) is 5.91 Å². The van der Waals surface area contributed by atoms with Crippen LogP contribution < -0.4 is 10.6 Å². The number of aromatic nitrogens is 2. The summed E-state index contributed by atoms with van der Waals surface area (Å²) in [6.07, 6.45) is 0.406. The van der Waals surface area contributed by atoms with E-state index in [1.165, 1.54) is 0 Å². The Labute approximate surface area is 122 Å². The van der Waals surface area contributed by atoms with E-state index in [9.17, 15) is 4.79 Å². The number of hydrogen-bond acceptors (Lipinski definition) is 4. The predicted molar refractivity (Wildman–Crippen MR) is 80.4 cm³/mol. The molecule has 1 amide bonds. The number of hydrogen-bond donors (Lipinski definition) is 2. The van der Waals surface area contributed by atoms with Crippen molar-refractivity contribution in [2.75, 3.05) is 10.6 Å². The first kappa shape index (κ1) is 14.3. The average molecular weight is 291 g/mol. The zero-order valence-electron chi connectivity index (χ0n) is 11.3. The molecule has 1 heterocycles. The van der Waals surface area contributed by atoms with E-state index in [4.69, 9.17) is 11.6 Å². The van der Waals surface area contributed by atoms with Crippen LogP contribution >= 0.6 is 11.6 Å². The number of carbonyl (C=O) groups is 1. The van der Waals surface area contributed by atoms with Crippen molar-refractivity contribution in [3.8, 4) is 0 Å². The van der Waals surface area contributed by atoms with E-state index in [0.717, 1.165) is 11.3 Å². The molecule has 20 heavy (non-hydrogen) atoms. The molecule has 0 saturated heterocycles. The van der Waals surface area contributed by atoms with E-state index in [-0.39, 0.29) is 5.91 Å². The summed E-state index contributed by atoms with van der Waals surface area (Å²) < 4.78 is 0. The molecule has 0 aliphatic rings. The summed E-state index contributed by atoms with van der Waals surface area (Å²) in [6, 6.07) is 9.10. The fourth-order valence-corrected chi connectivity index (χ4v) is 1.70. The number of nitrogens with one attached hydrogen (secondary N) is 2. The molecular weight excluding hydrogens is 276 g/mol. The molecule has 0 fully saturated rings. The van der Waals surface area contributed by atoms with Crippen LogP contribution in [0.3, 0.4) is 0 Å². The Kier molecular flexibility index (Phi) is 4.53. The Balaban J connectivity index is 2.06. The Hall–Kier alpha value is -2.14. The summed E-state index contributed by atoms with van der Waals surface area (Å²) in [4.78, 5) is 11.2. The third-order valence-electron chi connectivity index (χ3n) is 2.70. The van der Waals surface area contributed by atoms with Gasteiger partial charge in [0.05, 0.1) is 0 Å². The summed E-state index contributed by atoms with van der Waals surface area (Å²) in [6.45, 7) is 3.72. The monoisotopic (exact) mass is 290 g/mol. The zero-order valence-corrected chi connectivity index (χ0v) is 12.0. The molecule has 6 heteroatoms. The van der Waals surface area contributed by atoms with Crippen LogP contribution in [0.2, 0.25) is 5.02 Å². The van der Waals surface area contributed by atoms with Crippen LogP contribution in [0, 0.1) is 6.92 Å². The molecule has 2 N–H and O–H groups in total. The lowest BCUT2D eigenvalue weighted by molar-refractivity contribution is -0.115. The molecule has 0 aliphatic heterocycles. The molecule has 2 rings (SSSR count). The standard InChI is InChI=1S/C14H15ClN4O/c1-3-14(20)17-13-7-6-12(18-19-13)16-10-5-4-9(2)11(15)8-10/h4-8H,3H2,1-2H3,(H,16,18)(H,17,19,20). The van der Waals surface area contributed by atoms with Crippen LogP contribution in [-0.4, -0.2) is 16.1 Å². The average Bonchev–Trinajstić information content (AvgIpc) is 2.45. The first-order valence-corrected chi connectivity index (χ1v) is 6.63. The molecular formula is C14H15ClN4O. The Morgan fingerprint density at radius 3 is 2.50 bits per heavy atom. The highest BCUT2D eigenvalue weighted by atomic mass is 35.5. The van der Waals surface area contributed by atoms with Gasteiger partial charge >= 0.3 is 0 Å². The molecule has 1 aromatic heterocycles. The largest absolute Gasteiger partial charge is 0.339 e. The molecule has 0 aliphatic carbocycles. The van der Waals surface area contributed by atoms with E-state index < -0.39 is 0 Å². The number of benzene rings is 1. The topological polar surface area (TPSA) is 66.9 Å². The van der Waals surface area contributed by atoms with Gasteiger partial charge in [0.25, 0.3) is 0 Å². The maximum atomic E-state index is 11.2. The van der Waals surface area contributed by atoms with E-state index in [1.807, 2.05) is 25.1 Å². The molecule has 1 aromatic carbocycles. The molecule has 5 nitrogen and oxygen atoms in total. The van der Waals surface area contributed by atoms with E-state index in [0.29, 0.717) is 23.1 Å². The maximum Gasteiger partial charge on any atom is 0.225 e.